The SMILES string of the molecule is CC1(C)C[CH]([Ge]([CH3])([CH3])[CH3])CN1. The van der Waals surface area contributed by atoms with Crippen LogP contribution in [-0.4, -0.2) is 25.3 Å². The molecule has 1 rings (SSSR count). The number of hydrogen-bond acceptors (Lipinski definition) is 1. The summed E-state index contributed by atoms with van der Waals surface area (Å²) in [4.78, 5) is 0. The molecule has 1 N–H and O–H groups in total. The molecular weight excluding hydrogens is 195 g/mol. The maximum absolute atomic E-state index is 3.60. The molecule has 66 valence electrons. The predicted molar refractivity (Wildman–Crippen MR) is 53.8 cm³/mol. The first-order valence-corrected chi connectivity index (χ1v) is 12.1. The van der Waals surface area contributed by atoms with Gasteiger partial charge in [0.2, 0.25) is 0 Å². The Kier molecular flexibility index (Phi) is 2.42. The van der Waals surface area contributed by atoms with Gasteiger partial charge in [0.1, 0.15) is 0 Å². The molecule has 0 aromatic carbocycles. The van der Waals surface area contributed by atoms with Crippen molar-refractivity contribution in [1.82, 2.24) is 5.32 Å². The van der Waals surface area contributed by atoms with E-state index in [1.54, 1.807) is 0 Å². The zero-order valence-electron chi connectivity index (χ0n) is 8.49. The molecule has 0 aliphatic carbocycles. The van der Waals surface area contributed by atoms with Crippen LogP contribution >= 0.6 is 0 Å². The van der Waals surface area contributed by atoms with Crippen LogP contribution < -0.4 is 5.32 Å². The fourth-order valence-corrected chi connectivity index (χ4v) is 5.63. The fraction of sp³-hybridized carbons (Fsp3) is 1.00. The van der Waals surface area contributed by atoms with Crippen LogP contribution in [0.25, 0.3) is 0 Å². The molecule has 0 amide bonds. The Labute approximate surface area is 73.3 Å². The zero-order chi connectivity index (χ0) is 8.70. The molecule has 0 aromatic heterocycles. The molecule has 0 aromatic rings. The Hall–Kier alpha value is 0.503. The van der Waals surface area contributed by atoms with Crippen LogP contribution in [-0.2, 0) is 0 Å². The van der Waals surface area contributed by atoms with Gasteiger partial charge in [0.15, 0.2) is 0 Å². The Balaban J connectivity index is 2.55. The average Bonchev–Trinajstić information content (AvgIpc) is 2.07. The minimum absolute atomic E-state index is 0.420. The molecule has 0 spiro atoms. The van der Waals surface area contributed by atoms with Gasteiger partial charge in [-0.2, -0.15) is 0 Å². The van der Waals surface area contributed by atoms with Crippen molar-refractivity contribution in [2.45, 2.75) is 47.8 Å². The van der Waals surface area contributed by atoms with Crippen molar-refractivity contribution in [2.24, 2.45) is 0 Å². The van der Waals surface area contributed by atoms with E-state index in [9.17, 15) is 0 Å². The predicted octanol–water partition coefficient (Wildman–Crippen LogP) is 2.47. The molecule has 1 saturated heterocycles. The first kappa shape index (κ1) is 9.59. The molecule has 11 heavy (non-hydrogen) atoms. The van der Waals surface area contributed by atoms with Gasteiger partial charge >= 0.3 is 73.0 Å². The summed E-state index contributed by atoms with van der Waals surface area (Å²) in [6.45, 7) is 5.92. The van der Waals surface area contributed by atoms with Crippen LogP contribution in [0.15, 0.2) is 0 Å². The fourth-order valence-electron chi connectivity index (χ4n) is 1.77. The normalized spacial score (nSPS) is 30.8. The summed E-state index contributed by atoms with van der Waals surface area (Å²) in [6, 6.07) is 0. The van der Waals surface area contributed by atoms with Crippen molar-refractivity contribution in [3.8, 4) is 0 Å². The van der Waals surface area contributed by atoms with Crippen molar-refractivity contribution >= 4 is 13.3 Å². The quantitative estimate of drug-likeness (QED) is 0.663. The topological polar surface area (TPSA) is 12.0 Å². The second-order valence-electron chi connectivity index (χ2n) is 5.53. The first-order chi connectivity index (χ1) is 4.81. The summed E-state index contributed by atoms with van der Waals surface area (Å²) >= 11 is -1.35. The van der Waals surface area contributed by atoms with Gasteiger partial charge in [-0.25, -0.2) is 0 Å². The minimum atomic E-state index is -1.35. The molecule has 2 heteroatoms. The van der Waals surface area contributed by atoms with E-state index in [1.165, 1.54) is 13.0 Å². The second kappa shape index (κ2) is 2.77. The van der Waals surface area contributed by atoms with Crippen molar-refractivity contribution < 1.29 is 0 Å². The van der Waals surface area contributed by atoms with Crippen LogP contribution in [0.3, 0.4) is 0 Å². The van der Waals surface area contributed by atoms with Gasteiger partial charge in [-0.1, -0.05) is 0 Å². The molecule has 1 atom stereocenters. The molecule has 1 aliphatic heterocycles. The molecule has 0 radical (unpaired) electrons. The third kappa shape index (κ3) is 2.48. The molecular formula is C9H21GeN. The summed E-state index contributed by atoms with van der Waals surface area (Å²) in [5.41, 5.74) is 0.420. The first-order valence-electron chi connectivity index (χ1n) is 4.56. The second-order valence-corrected chi connectivity index (χ2v) is 17.2. The van der Waals surface area contributed by atoms with Crippen LogP contribution in [0.2, 0.25) is 22.0 Å². The van der Waals surface area contributed by atoms with Crippen molar-refractivity contribution in [2.75, 3.05) is 6.54 Å². The monoisotopic (exact) mass is 217 g/mol. The van der Waals surface area contributed by atoms with E-state index in [0.29, 0.717) is 5.54 Å². The van der Waals surface area contributed by atoms with Gasteiger partial charge in [-0.15, -0.1) is 0 Å². The van der Waals surface area contributed by atoms with Crippen LogP contribution in [0.1, 0.15) is 20.3 Å². The molecule has 1 unspecified atom stereocenters. The Morgan fingerprint density at radius 1 is 1.27 bits per heavy atom. The molecule has 0 bridgehead atoms. The Morgan fingerprint density at radius 2 is 1.82 bits per heavy atom. The maximum atomic E-state index is 3.60. The third-order valence-electron chi connectivity index (χ3n) is 2.81. The van der Waals surface area contributed by atoms with Gasteiger partial charge in [0.25, 0.3) is 0 Å². The van der Waals surface area contributed by atoms with E-state index < -0.39 is 13.3 Å². The van der Waals surface area contributed by atoms with E-state index >= 15 is 0 Å². The summed E-state index contributed by atoms with van der Waals surface area (Å²) in [5, 5.41) is 3.60. The average molecular weight is 216 g/mol. The Morgan fingerprint density at radius 3 is 2.00 bits per heavy atom. The van der Waals surface area contributed by atoms with E-state index in [0.717, 1.165) is 4.75 Å². The molecule has 1 fully saturated rings. The van der Waals surface area contributed by atoms with Gasteiger partial charge < -0.3 is 0 Å². The molecule has 1 aliphatic rings. The summed E-state index contributed by atoms with van der Waals surface area (Å²) in [5.74, 6) is 7.56. The Bertz CT molecular complexity index is 146. The van der Waals surface area contributed by atoms with Crippen molar-refractivity contribution in [1.29, 1.82) is 0 Å². The number of rotatable bonds is 1. The standard InChI is InChI=1S/C9H21GeN/c1-9(2)6-8(7-11-9)10(3,4)5/h8,11H,6-7H2,1-5H3. The van der Waals surface area contributed by atoms with E-state index in [1.807, 2.05) is 0 Å². The zero-order valence-corrected chi connectivity index (χ0v) is 10.6. The van der Waals surface area contributed by atoms with Gasteiger partial charge in [0, 0.05) is 0 Å². The summed E-state index contributed by atoms with van der Waals surface area (Å²) in [7, 11) is 0. The van der Waals surface area contributed by atoms with Crippen LogP contribution in [0.4, 0.5) is 0 Å². The molecule has 1 nitrogen and oxygen atoms in total. The van der Waals surface area contributed by atoms with Crippen LogP contribution in [0.5, 0.6) is 0 Å². The number of hydrogen-bond donors (Lipinski definition) is 1. The van der Waals surface area contributed by atoms with E-state index in [4.69, 9.17) is 0 Å². The van der Waals surface area contributed by atoms with E-state index in [2.05, 4.69) is 36.4 Å². The molecule has 0 saturated carbocycles. The van der Waals surface area contributed by atoms with Crippen LogP contribution in [0, 0.1) is 0 Å². The van der Waals surface area contributed by atoms with Gasteiger partial charge in [0.05, 0.1) is 0 Å². The summed E-state index contributed by atoms with van der Waals surface area (Å²) < 4.78 is 1.03. The van der Waals surface area contributed by atoms with Crippen molar-refractivity contribution in [3.63, 3.8) is 0 Å². The van der Waals surface area contributed by atoms with Gasteiger partial charge in [-0.3, -0.25) is 0 Å². The summed E-state index contributed by atoms with van der Waals surface area (Å²) in [6.07, 6.45) is 1.40. The number of nitrogens with one attached hydrogen (secondary N) is 1. The molecule has 1 heterocycles. The van der Waals surface area contributed by atoms with Gasteiger partial charge in [-0.05, 0) is 0 Å². The van der Waals surface area contributed by atoms with E-state index in [-0.39, 0.29) is 0 Å². The van der Waals surface area contributed by atoms with Crippen molar-refractivity contribution in [3.05, 3.63) is 0 Å². The third-order valence-corrected chi connectivity index (χ3v) is 8.80.